The van der Waals surface area contributed by atoms with Crippen LogP contribution in [-0.4, -0.2) is 12.6 Å². The van der Waals surface area contributed by atoms with Crippen LogP contribution in [0, 0.1) is 0 Å². The highest BCUT2D eigenvalue weighted by Crippen LogP contribution is 2.08. The molecule has 2 N–H and O–H groups in total. The van der Waals surface area contributed by atoms with Crippen molar-refractivity contribution in [3.8, 4) is 5.75 Å². The van der Waals surface area contributed by atoms with E-state index in [0.29, 0.717) is 6.61 Å². The van der Waals surface area contributed by atoms with Crippen molar-refractivity contribution in [2.75, 3.05) is 6.61 Å². The Morgan fingerprint density at radius 2 is 2.00 bits per heavy atom. The summed E-state index contributed by atoms with van der Waals surface area (Å²) < 4.78 is 5.50. The van der Waals surface area contributed by atoms with Crippen molar-refractivity contribution in [1.82, 2.24) is 0 Å². The molecule has 1 unspecified atom stereocenters. The third kappa shape index (κ3) is 4.10. The van der Waals surface area contributed by atoms with E-state index in [1.54, 1.807) is 0 Å². The van der Waals surface area contributed by atoms with Gasteiger partial charge in [0, 0.05) is 0 Å². The molecule has 1 aromatic carbocycles. The van der Waals surface area contributed by atoms with E-state index < -0.39 is 0 Å². The first-order chi connectivity index (χ1) is 6.68. The van der Waals surface area contributed by atoms with Crippen LogP contribution in [-0.2, 0) is 0 Å². The van der Waals surface area contributed by atoms with Gasteiger partial charge in [-0.25, -0.2) is 0 Å². The number of hydrogen-bond acceptors (Lipinski definition) is 2. The smallest absolute Gasteiger partial charge is 0.119 e. The fraction of sp³-hybridized carbons (Fsp3) is 0.333. The predicted octanol–water partition coefficient (Wildman–Crippen LogP) is 2.36. The molecule has 2 nitrogen and oxygen atoms in total. The maximum Gasteiger partial charge on any atom is 0.119 e. The van der Waals surface area contributed by atoms with Crippen LogP contribution in [0.25, 0.3) is 0 Å². The lowest BCUT2D eigenvalue weighted by atomic mass is 10.2. The minimum Gasteiger partial charge on any atom is -0.492 e. The molecule has 1 rings (SSSR count). The number of rotatable bonds is 4. The predicted molar refractivity (Wildman–Crippen MR) is 59.3 cm³/mol. The molecule has 1 aromatic rings. The number of benzene rings is 1. The Hall–Kier alpha value is -1.28. The molecule has 14 heavy (non-hydrogen) atoms. The molecule has 0 aliphatic heterocycles. The maximum atomic E-state index is 5.82. The Kier molecular flexibility index (Phi) is 4.20. The van der Waals surface area contributed by atoms with Crippen LogP contribution in [0.15, 0.2) is 42.0 Å². The van der Waals surface area contributed by atoms with E-state index >= 15 is 0 Å². The van der Waals surface area contributed by atoms with Gasteiger partial charge in [0.05, 0.1) is 6.04 Å². The summed E-state index contributed by atoms with van der Waals surface area (Å²) in [7, 11) is 0. The summed E-state index contributed by atoms with van der Waals surface area (Å²) >= 11 is 0. The summed E-state index contributed by atoms with van der Waals surface area (Å²) in [6.07, 6.45) is 2.00. The highest BCUT2D eigenvalue weighted by atomic mass is 16.5. The molecule has 0 saturated carbocycles. The fourth-order valence-electron chi connectivity index (χ4n) is 1.19. The Labute approximate surface area is 85.4 Å². The van der Waals surface area contributed by atoms with Crippen LogP contribution in [0.3, 0.4) is 0 Å². The fourth-order valence-corrected chi connectivity index (χ4v) is 1.19. The first-order valence-corrected chi connectivity index (χ1v) is 4.77. The van der Waals surface area contributed by atoms with E-state index in [0.717, 1.165) is 5.75 Å². The van der Waals surface area contributed by atoms with E-state index in [2.05, 4.69) is 0 Å². The van der Waals surface area contributed by atoms with Gasteiger partial charge >= 0.3 is 0 Å². The molecule has 0 aliphatic carbocycles. The molecular weight excluding hydrogens is 174 g/mol. The first-order valence-electron chi connectivity index (χ1n) is 4.77. The number of allylic oxidation sites excluding steroid dienone is 1. The van der Waals surface area contributed by atoms with E-state index in [-0.39, 0.29) is 6.04 Å². The quantitative estimate of drug-likeness (QED) is 0.741. The van der Waals surface area contributed by atoms with Gasteiger partial charge in [-0.3, -0.25) is 0 Å². The largest absolute Gasteiger partial charge is 0.492 e. The Balaban J connectivity index is 2.38. The van der Waals surface area contributed by atoms with Crippen molar-refractivity contribution < 1.29 is 4.74 Å². The number of para-hydroxylation sites is 1. The lowest BCUT2D eigenvalue weighted by Gasteiger charge is -2.09. The van der Waals surface area contributed by atoms with Crippen LogP contribution in [0.5, 0.6) is 5.75 Å². The third-order valence-electron chi connectivity index (χ3n) is 1.73. The van der Waals surface area contributed by atoms with Gasteiger partial charge in [-0.05, 0) is 26.0 Å². The molecule has 0 fully saturated rings. The Bertz CT molecular complexity index is 288. The lowest BCUT2D eigenvalue weighted by Crippen LogP contribution is -2.25. The molecule has 0 bridgehead atoms. The molecule has 2 heteroatoms. The van der Waals surface area contributed by atoms with E-state index in [4.69, 9.17) is 10.5 Å². The average molecular weight is 191 g/mol. The van der Waals surface area contributed by atoms with Crippen molar-refractivity contribution in [3.05, 3.63) is 42.0 Å². The van der Waals surface area contributed by atoms with Crippen LogP contribution in [0.4, 0.5) is 0 Å². The molecule has 76 valence electrons. The summed E-state index contributed by atoms with van der Waals surface area (Å²) in [5.41, 5.74) is 7.04. The zero-order chi connectivity index (χ0) is 10.4. The molecule has 0 spiro atoms. The SMILES string of the molecule is CC(C)=CC(N)COc1ccccc1. The normalized spacial score (nSPS) is 11.9. The molecule has 0 radical (unpaired) electrons. The molecule has 1 atom stereocenters. The van der Waals surface area contributed by atoms with Crippen molar-refractivity contribution in [3.63, 3.8) is 0 Å². The first kappa shape index (κ1) is 10.8. The second-order valence-corrected chi connectivity index (χ2v) is 3.53. The highest BCUT2D eigenvalue weighted by Gasteiger charge is 1.98. The zero-order valence-corrected chi connectivity index (χ0v) is 8.73. The zero-order valence-electron chi connectivity index (χ0n) is 8.73. The van der Waals surface area contributed by atoms with Crippen LogP contribution in [0.1, 0.15) is 13.8 Å². The van der Waals surface area contributed by atoms with Crippen molar-refractivity contribution >= 4 is 0 Å². The molecular formula is C12H17NO. The van der Waals surface area contributed by atoms with Gasteiger partial charge < -0.3 is 10.5 Å². The van der Waals surface area contributed by atoms with Crippen molar-refractivity contribution in [1.29, 1.82) is 0 Å². The third-order valence-corrected chi connectivity index (χ3v) is 1.73. The minimum atomic E-state index is -0.0276. The molecule has 0 aliphatic rings. The van der Waals surface area contributed by atoms with Crippen molar-refractivity contribution in [2.24, 2.45) is 5.73 Å². The van der Waals surface area contributed by atoms with Crippen LogP contribution >= 0.6 is 0 Å². The highest BCUT2D eigenvalue weighted by molar-refractivity contribution is 5.21. The minimum absolute atomic E-state index is 0.0276. The number of ether oxygens (including phenoxy) is 1. The molecule has 0 heterocycles. The van der Waals surface area contributed by atoms with E-state index in [1.807, 2.05) is 50.3 Å². The second-order valence-electron chi connectivity index (χ2n) is 3.53. The summed E-state index contributed by atoms with van der Waals surface area (Å²) in [5.74, 6) is 0.866. The molecule has 0 aromatic heterocycles. The molecule has 0 amide bonds. The Morgan fingerprint density at radius 1 is 1.36 bits per heavy atom. The Morgan fingerprint density at radius 3 is 2.57 bits per heavy atom. The number of nitrogens with two attached hydrogens (primary N) is 1. The average Bonchev–Trinajstić information content (AvgIpc) is 2.15. The van der Waals surface area contributed by atoms with Crippen LogP contribution < -0.4 is 10.5 Å². The standard InChI is InChI=1S/C12H17NO/c1-10(2)8-11(13)9-14-12-6-4-3-5-7-12/h3-8,11H,9,13H2,1-2H3. The van der Waals surface area contributed by atoms with Gasteiger partial charge in [0.15, 0.2) is 0 Å². The van der Waals surface area contributed by atoms with Gasteiger partial charge in [-0.2, -0.15) is 0 Å². The second kappa shape index (κ2) is 5.45. The van der Waals surface area contributed by atoms with Crippen molar-refractivity contribution in [2.45, 2.75) is 19.9 Å². The van der Waals surface area contributed by atoms with Crippen LogP contribution in [0.2, 0.25) is 0 Å². The monoisotopic (exact) mass is 191 g/mol. The summed E-state index contributed by atoms with van der Waals surface area (Å²) in [6.45, 7) is 4.58. The topological polar surface area (TPSA) is 35.2 Å². The maximum absolute atomic E-state index is 5.82. The van der Waals surface area contributed by atoms with E-state index in [9.17, 15) is 0 Å². The summed E-state index contributed by atoms with van der Waals surface area (Å²) in [5, 5.41) is 0. The van der Waals surface area contributed by atoms with E-state index in [1.165, 1.54) is 5.57 Å². The summed E-state index contributed by atoms with van der Waals surface area (Å²) in [4.78, 5) is 0. The summed E-state index contributed by atoms with van der Waals surface area (Å²) in [6, 6.07) is 9.68. The molecule has 0 saturated heterocycles. The van der Waals surface area contributed by atoms with Gasteiger partial charge in [0.2, 0.25) is 0 Å². The van der Waals surface area contributed by atoms with Gasteiger partial charge in [0.1, 0.15) is 12.4 Å². The van der Waals surface area contributed by atoms with Gasteiger partial charge in [-0.15, -0.1) is 0 Å². The lowest BCUT2D eigenvalue weighted by molar-refractivity contribution is 0.306. The number of hydrogen-bond donors (Lipinski definition) is 1. The van der Waals surface area contributed by atoms with Gasteiger partial charge in [0.25, 0.3) is 0 Å². The van der Waals surface area contributed by atoms with Gasteiger partial charge in [-0.1, -0.05) is 29.8 Å².